The Morgan fingerprint density at radius 3 is 1.96 bits per heavy atom. The first-order chi connectivity index (χ1) is 11.9. The summed E-state index contributed by atoms with van der Waals surface area (Å²) < 4.78 is 64.9. The summed E-state index contributed by atoms with van der Waals surface area (Å²) in [4.78, 5) is 0. The van der Waals surface area contributed by atoms with Crippen LogP contribution in [-0.2, 0) is 15.5 Å². The Labute approximate surface area is 150 Å². The molecule has 0 unspecified atom stereocenters. The molecule has 2 aromatic carbocycles. The Bertz CT molecular complexity index is 815. The minimum absolute atomic E-state index is 0.222. The van der Waals surface area contributed by atoms with E-state index in [1.54, 1.807) is 6.07 Å². The van der Waals surface area contributed by atoms with Crippen LogP contribution in [0, 0.1) is 5.82 Å². The molecule has 0 N–H and O–H groups in total. The summed E-state index contributed by atoms with van der Waals surface area (Å²) in [6, 6.07) is 9.07. The lowest BCUT2D eigenvalue weighted by Crippen LogP contribution is -2.41. The Balaban J connectivity index is 1.92. The predicted octanol–water partition coefficient (Wildman–Crippen LogP) is 4.81. The molecule has 0 radical (unpaired) electrons. The highest BCUT2D eigenvalue weighted by Gasteiger charge is 2.52. The van der Waals surface area contributed by atoms with Crippen molar-refractivity contribution in [1.82, 2.24) is 0 Å². The number of benzene rings is 2. The minimum atomic E-state index is -4.45. The fourth-order valence-electron chi connectivity index (χ4n) is 2.74. The Morgan fingerprint density at radius 2 is 1.42 bits per heavy atom. The molecule has 0 bridgehead atoms. The lowest BCUT2D eigenvalue weighted by atomic mass is 9.78. The molecule has 0 aliphatic carbocycles. The number of alkyl halides is 3. The molecule has 3 rings (SSSR count). The van der Waals surface area contributed by atoms with Crippen LogP contribution in [0.4, 0.5) is 17.6 Å². The molecule has 0 spiro atoms. The van der Waals surface area contributed by atoms with Crippen molar-refractivity contribution in [2.75, 3.05) is 0 Å². The summed E-state index contributed by atoms with van der Waals surface area (Å²) in [6.45, 7) is 7.45. The molecule has 0 saturated carbocycles. The van der Waals surface area contributed by atoms with Gasteiger partial charge in [0.25, 0.3) is 0 Å². The van der Waals surface area contributed by atoms with Crippen LogP contribution >= 0.6 is 0 Å². The van der Waals surface area contributed by atoms with E-state index in [-0.39, 0.29) is 5.46 Å². The van der Waals surface area contributed by atoms with Crippen LogP contribution in [0.15, 0.2) is 42.5 Å². The highest BCUT2D eigenvalue weighted by molar-refractivity contribution is 6.62. The second kappa shape index (κ2) is 6.10. The normalized spacial score (nSPS) is 19.0. The van der Waals surface area contributed by atoms with Crippen molar-refractivity contribution < 1.29 is 26.9 Å². The lowest BCUT2D eigenvalue weighted by molar-refractivity contribution is -0.137. The first kappa shape index (κ1) is 18.9. The van der Waals surface area contributed by atoms with Crippen molar-refractivity contribution >= 4 is 12.6 Å². The average molecular weight is 366 g/mol. The van der Waals surface area contributed by atoms with Gasteiger partial charge in [-0.25, -0.2) is 4.39 Å². The highest BCUT2D eigenvalue weighted by atomic mass is 19.4. The van der Waals surface area contributed by atoms with Gasteiger partial charge in [0.1, 0.15) is 5.82 Å². The molecule has 1 fully saturated rings. The van der Waals surface area contributed by atoms with Gasteiger partial charge in [0.05, 0.1) is 16.8 Å². The Morgan fingerprint density at radius 1 is 0.846 bits per heavy atom. The number of halogens is 4. The summed E-state index contributed by atoms with van der Waals surface area (Å²) >= 11 is 0. The van der Waals surface area contributed by atoms with Crippen LogP contribution in [0.3, 0.4) is 0 Å². The third kappa shape index (κ3) is 3.38. The molecule has 1 saturated heterocycles. The summed E-state index contributed by atoms with van der Waals surface area (Å²) in [5.41, 5.74) is -1.12. The SMILES string of the molecule is CC1(C)OB(c2ccc(-c3cccc(C(F)(F)F)c3)cc2F)OC1(C)C. The van der Waals surface area contributed by atoms with Crippen LogP contribution < -0.4 is 5.46 Å². The molecular weight excluding hydrogens is 347 g/mol. The topological polar surface area (TPSA) is 18.5 Å². The number of hydrogen-bond donors (Lipinski definition) is 0. The van der Waals surface area contributed by atoms with Gasteiger partial charge in [0, 0.05) is 5.46 Å². The Kier molecular flexibility index (Phi) is 4.44. The van der Waals surface area contributed by atoms with E-state index in [4.69, 9.17) is 9.31 Å². The molecule has 2 nitrogen and oxygen atoms in total. The van der Waals surface area contributed by atoms with Gasteiger partial charge in [-0.3, -0.25) is 0 Å². The predicted molar refractivity (Wildman–Crippen MR) is 92.6 cm³/mol. The fourth-order valence-corrected chi connectivity index (χ4v) is 2.74. The van der Waals surface area contributed by atoms with Crippen LogP contribution in [0.2, 0.25) is 0 Å². The average Bonchev–Trinajstić information content (AvgIpc) is 2.74. The van der Waals surface area contributed by atoms with E-state index < -0.39 is 35.9 Å². The maximum absolute atomic E-state index is 14.6. The van der Waals surface area contributed by atoms with Gasteiger partial charge >= 0.3 is 13.3 Å². The molecule has 138 valence electrons. The second-order valence-electron chi connectivity index (χ2n) is 7.40. The molecule has 0 atom stereocenters. The van der Waals surface area contributed by atoms with Crippen molar-refractivity contribution in [3.8, 4) is 11.1 Å². The molecule has 1 aliphatic rings. The van der Waals surface area contributed by atoms with Crippen LogP contribution in [-0.4, -0.2) is 18.3 Å². The monoisotopic (exact) mass is 366 g/mol. The summed E-state index contributed by atoms with van der Waals surface area (Å²) in [7, 11) is -0.865. The van der Waals surface area contributed by atoms with E-state index in [0.29, 0.717) is 11.1 Å². The molecule has 7 heteroatoms. The summed E-state index contributed by atoms with van der Waals surface area (Å²) in [5.74, 6) is -0.585. The zero-order chi connectivity index (χ0) is 19.3. The lowest BCUT2D eigenvalue weighted by Gasteiger charge is -2.32. The van der Waals surface area contributed by atoms with Gasteiger partial charge in [-0.2, -0.15) is 13.2 Å². The van der Waals surface area contributed by atoms with Crippen LogP contribution in [0.5, 0.6) is 0 Å². The molecular formula is C19H19BF4O2. The van der Waals surface area contributed by atoms with Gasteiger partial charge in [0.15, 0.2) is 0 Å². The van der Waals surface area contributed by atoms with E-state index in [1.807, 2.05) is 27.7 Å². The zero-order valence-corrected chi connectivity index (χ0v) is 14.9. The number of hydrogen-bond acceptors (Lipinski definition) is 2. The van der Waals surface area contributed by atoms with Gasteiger partial charge in [-0.1, -0.05) is 24.3 Å². The number of rotatable bonds is 2. The van der Waals surface area contributed by atoms with Crippen LogP contribution in [0.25, 0.3) is 11.1 Å². The standard InChI is InChI=1S/C19H19BF4O2/c1-17(2)18(3,4)26-20(25-17)15-9-8-13(11-16(15)21)12-6-5-7-14(10-12)19(22,23)24/h5-11H,1-4H3. The first-order valence-corrected chi connectivity index (χ1v) is 8.23. The molecule has 1 aliphatic heterocycles. The maximum atomic E-state index is 14.6. The van der Waals surface area contributed by atoms with Gasteiger partial charge in [0.2, 0.25) is 0 Å². The van der Waals surface area contributed by atoms with Gasteiger partial charge < -0.3 is 9.31 Å². The van der Waals surface area contributed by atoms with E-state index in [1.165, 1.54) is 24.3 Å². The van der Waals surface area contributed by atoms with Crippen molar-refractivity contribution in [3.63, 3.8) is 0 Å². The van der Waals surface area contributed by atoms with E-state index in [9.17, 15) is 17.6 Å². The molecule has 1 heterocycles. The van der Waals surface area contributed by atoms with E-state index >= 15 is 0 Å². The third-order valence-corrected chi connectivity index (χ3v) is 5.03. The van der Waals surface area contributed by atoms with Crippen molar-refractivity contribution in [2.24, 2.45) is 0 Å². The van der Waals surface area contributed by atoms with Gasteiger partial charge in [-0.05, 0) is 57.0 Å². The van der Waals surface area contributed by atoms with Crippen molar-refractivity contribution in [1.29, 1.82) is 0 Å². The fraction of sp³-hybridized carbons (Fsp3) is 0.368. The van der Waals surface area contributed by atoms with Crippen molar-refractivity contribution in [3.05, 3.63) is 53.8 Å². The second-order valence-corrected chi connectivity index (χ2v) is 7.40. The summed E-state index contributed by atoms with van der Waals surface area (Å²) in [5, 5.41) is 0. The van der Waals surface area contributed by atoms with Crippen molar-refractivity contribution in [2.45, 2.75) is 45.1 Å². The zero-order valence-electron chi connectivity index (χ0n) is 14.9. The molecule has 2 aromatic rings. The smallest absolute Gasteiger partial charge is 0.399 e. The van der Waals surface area contributed by atoms with E-state index in [2.05, 4.69) is 0 Å². The molecule has 0 aromatic heterocycles. The minimum Gasteiger partial charge on any atom is -0.399 e. The highest BCUT2D eigenvalue weighted by Crippen LogP contribution is 2.37. The molecule has 26 heavy (non-hydrogen) atoms. The van der Waals surface area contributed by atoms with Crippen LogP contribution in [0.1, 0.15) is 33.3 Å². The largest absolute Gasteiger partial charge is 0.497 e. The Hall–Kier alpha value is -1.86. The van der Waals surface area contributed by atoms with Gasteiger partial charge in [-0.15, -0.1) is 0 Å². The van der Waals surface area contributed by atoms with E-state index in [0.717, 1.165) is 12.1 Å². The quantitative estimate of drug-likeness (QED) is 0.561. The molecule has 0 amide bonds. The third-order valence-electron chi connectivity index (χ3n) is 5.03. The first-order valence-electron chi connectivity index (χ1n) is 8.23. The summed E-state index contributed by atoms with van der Waals surface area (Å²) in [6.07, 6.45) is -4.45. The maximum Gasteiger partial charge on any atom is 0.497 e.